The highest BCUT2D eigenvalue weighted by atomic mass is 16.3. The summed E-state index contributed by atoms with van der Waals surface area (Å²) in [4.78, 5) is 16.4. The van der Waals surface area contributed by atoms with Crippen LogP contribution in [0.2, 0.25) is 0 Å². The number of phenols is 1. The molecular formula is C23H19N5O2. The summed E-state index contributed by atoms with van der Waals surface area (Å²) < 4.78 is 1.83. The first-order valence-corrected chi connectivity index (χ1v) is 9.33. The molecule has 2 N–H and O–H groups in total. The Kier molecular flexibility index (Phi) is 5.61. The van der Waals surface area contributed by atoms with Crippen LogP contribution in [0.25, 0.3) is 11.3 Å². The van der Waals surface area contributed by atoms with Gasteiger partial charge in [0.05, 0.1) is 12.8 Å². The Balaban J connectivity index is 1.57. The molecule has 7 heteroatoms. The molecule has 0 bridgehead atoms. The smallest absolute Gasteiger partial charge is 0.271 e. The van der Waals surface area contributed by atoms with Crippen LogP contribution in [0.15, 0.2) is 90.4 Å². The van der Waals surface area contributed by atoms with Gasteiger partial charge in [0.1, 0.15) is 11.4 Å². The second kappa shape index (κ2) is 8.83. The summed E-state index contributed by atoms with van der Waals surface area (Å²) >= 11 is 0. The number of rotatable bonds is 6. The summed E-state index contributed by atoms with van der Waals surface area (Å²) in [5.74, 6) is -0.394. The summed E-state index contributed by atoms with van der Waals surface area (Å²) in [7, 11) is 0. The number of benzene rings is 2. The third-order valence-electron chi connectivity index (χ3n) is 4.39. The molecule has 2 aromatic heterocycles. The van der Waals surface area contributed by atoms with Crippen LogP contribution in [0.1, 0.15) is 21.5 Å². The van der Waals surface area contributed by atoms with Crippen LogP contribution in [0, 0.1) is 0 Å². The van der Waals surface area contributed by atoms with Crippen molar-refractivity contribution in [2.45, 2.75) is 6.54 Å². The molecule has 7 nitrogen and oxygen atoms in total. The number of aromatic hydroxyl groups is 1. The number of nitrogens with zero attached hydrogens (tertiary/aromatic N) is 4. The van der Waals surface area contributed by atoms with Crippen molar-refractivity contribution in [1.82, 2.24) is 20.2 Å². The Hall–Kier alpha value is -4.26. The van der Waals surface area contributed by atoms with E-state index in [2.05, 4.69) is 20.6 Å². The predicted octanol–water partition coefficient (Wildman–Crippen LogP) is 3.46. The second-order valence-electron chi connectivity index (χ2n) is 6.61. The quantitative estimate of drug-likeness (QED) is 0.385. The van der Waals surface area contributed by atoms with Crippen molar-refractivity contribution in [3.63, 3.8) is 0 Å². The molecule has 1 amide bonds. The van der Waals surface area contributed by atoms with Crippen molar-refractivity contribution < 1.29 is 9.90 Å². The van der Waals surface area contributed by atoms with Gasteiger partial charge in [0.15, 0.2) is 0 Å². The van der Waals surface area contributed by atoms with E-state index in [0.29, 0.717) is 12.1 Å². The summed E-state index contributed by atoms with van der Waals surface area (Å²) in [6.45, 7) is 0.609. The third kappa shape index (κ3) is 4.59. The number of hydrogen-bond acceptors (Lipinski definition) is 5. The third-order valence-corrected chi connectivity index (χ3v) is 4.39. The van der Waals surface area contributed by atoms with Gasteiger partial charge in [-0.25, -0.2) is 5.43 Å². The monoisotopic (exact) mass is 397 g/mol. The van der Waals surface area contributed by atoms with E-state index in [0.717, 1.165) is 22.4 Å². The number of pyridine rings is 1. The Morgan fingerprint density at radius 1 is 1.10 bits per heavy atom. The fourth-order valence-corrected chi connectivity index (χ4v) is 2.98. The van der Waals surface area contributed by atoms with Crippen LogP contribution in [0.5, 0.6) is 5.75 Å². The zero-order valence-corrected chi connectivity index (χ0v) is 16.0. The molecule has 0 saturated carbocycles. The van der Waals surface area contributed by atoms with Gasteiger partial charge in [-0.05, 0) is 35.9 Å². The zero-order valence-electron chi connectivity index (χ0n) is 16.0. The Labute approximate surface area is 173 Å². The molecule has 4 rings (SSSR count). The molecular weight excluding hydrogens is 378 g/mol. The summed E-state index contributed by atoms with van der Waals surface area (Å²) in [5.41, 5.74) is 6.24. The number of carbonyl (C=O) groups is 1. The van der Waals surface area contributed by atoms with Gasteiger partial charge in [0.25, 0.3) is 5.91 Å². The van der Waals surface area contributed by atoms with Crippen LogP contribution < -0.4 is 5.43 Å². The minimum Gasteiger partial charge on any atom is -0.508 e. The first kappa shape index (κ1) is 19.1. The molecule has 0 fully saturated rings. The molecule has 0 atom stereocenters. The molecule has 0 aliphatic rings. The van der Waals surface area contributed by atoms with E-state index < -0.39 is 5.91 Å². The molecule has 0 unspecified atom stereocenters. The Morgan fingerprint density at radius 3 is 2.73 bits per heavy atom. The van der Waals surface area contributed by atoms with Gasteiger partial charge >= 0.3 is 0 Å². The van der Waals surface area contributed by atoms with E-state index in [1.807, 2.05) is 53.3 Å². The van der Waals surface area contributed by atoms with Gasteiger partial charge in [-0.3, -0.25) is 14.5 Å². The summed E-state index contributed by atoms with van der Waals surface area (Å²) in [6, 6.07) is 19.9. The van der Waals surface area contributed by atoms with E-state index in [4.69, 9.17) is 0 Å². The number of phenolic OH excluding ortho intramolecular Hbond substituents is 1. The average Bonchev–Trinajstić information content (AvgIpc) is 3.17. The topological polar surface area (TPSA) is 92.4 Å². The van der Waals surface area contributed by atoms with Crippen molar-refractivity contribution >= 4 is 12.1 Å². The van der Waals surface area contributed by atoms with Crippen molar-refractivity contribution in [2.24, 2.45) is 5.10 Å². The van der Waals surface area contributed by atoms with Crippen molar-refractivity contribution in [3.8, 4) is 17.0 Å². The maximum Gasteiger partial charge on any atom is 0.271 e. The van der Waals surface area contributed by atoms with Gasteiger partial charge in [-0.2, -0.15) is 10.2 Å². The lowest BCUT2D eigenvalue weighted by atomic mass is 10.1. The number of aromatic nitrogens is 3. The van der Waals surface area contributed by atoms with E-state index in [-0.39, 0.29) is 5.75 Å². The van der Waals surface area contributed by atoms with Gasteiger partial charge < -0.3 is 5.11 Å². The van der Waals surface area contributed by atoms with Gasteiger partial charge in [-0.1, -0.05) is 36.4 Å². The molecule has 2 aromatic carbocycles. The first-order valence-electron chi connectivity index (χ1n) is 9.33. The van der Waals surface area contributed by atoms with Gasteiger partial charge in [0.2, 0.25) is 0 Å². The highest BCUT2D eigenvalue weighted by Gasteiger charge is 2.11. The van der Waals surface area contributed by atoms with Crippen LogP contribution in [0.4, 0.5) is 0 Å². The maximum atomic E-state index is 12.2. The fraction of sp³-hybridized carbons (Fsp3) is 0.0435. The van der Waals surface area contributed by atoms with Crippen LogP contribution in [0.3, 0.4) is 0 Å². The van der Waals surface area contributed by atoms with E-state index in [1.165, 1.54) is 12.1 Å². The Morgan fingerprint density at radius 2 is 1.97 bits per heavy atom. The molecule has 0 saturated heterocycles. The van der Waals surface area contributed by atoms with Crippen molar-refractivity contribution in [2.75, 3.05) is 0 Å². The number of amides is 1. The number of nitrogens with one attached hydrogen (secondary N) is 1. The molecule has 30 heavy (non-hydrogen) atoms. The van der Waals surface area contributed by atoms with Crippen molar-refractivity contribution in [1.29, 1.82) is 0 Å². The molecule has 0 aliphatic heterocycles. The minimum absolute atomic E-state index is 0.0210. The predicted molar refractivity (Wildman–Crippen MR) is 114 cm³/mol. The van der Waals surface area contributed by atoms with E-state index >= 15 is 0 Å². The molecule has 4 aromatic rings. The molecule has 0 radical (unpaired) electrons. The zero-order chi connectivity index (χ0) is 20.8. The average molecular weight is 397 g/mol. The largest absolute Gasteiger partial charge is 0.508 e. The first-order chi connectivity index (χ1) is 14.7. The SMILES string of the molecule is O=C(N/N=C\c1cn(Cc2ccccc2)nc1-c1cccnc1)c1cccc(O)c1. The maximum absolute atomic E-state index is 12.2. The number of hydrogen-bond donors (Lipinski definition) is 2. The molecule has 2 heterocycles. The van der Waals surface area contributed by atoms with Crippen molar-refractivity contribution in [3.05, 3.63) is 102 Å². The molecule has 148 valence electrons. The minimum atomic E-state index is -0.415. The van der Waals surface area contributed by atoms with Gasteiger partial charge in [0, 0.05) is 35.3 Å². The molecule has 0 spiro atoms. The van der Waals surface area contributed by atoms with Crippen LogP contribution in [-0.4, -0.2) is 32.0 Å². The highest BCUT2D eigenvalue weighted by Crippen LogP contribution is 2.20. The lowest BCUT2D eigenvalue weighted by molar-refractivity contribution is 0.0954. The van der Waals surface area contributed by atoms with E-state index in [1.54, 1.807) is 30.7 Å². The van der Waals surface area contributed by atoms with E-state index in [9.17, 15) is 9.90 Å². The summed E-state index contributed by atoms with van der Waals surface area (Å²) in [5, 5.41) is 18.3. The lowest BCUT2D eigenvalue weighted by Crippen LogP contribution is -2.17. The molecule has 0 aliphatic carbocycles. The van der Waals surface area contributed by atoms with Crippen LogP contribution >= 0.6 is 0 Å². The fourth-order valence-electron chi connectivity index (χ4n) is 2.98. The van der Waals surface area contributed by atoms with Gasteiger partial charge in [-0.15, -0.1) is 0 Å². The second-order valence-corrected chi connectivity index (χ2v) is 6.61. The van der Waals surface area contributed by atoms with Crippen LogP contribution in [-0.2, 0) is 6.54 Å². The number of hydrazone groups is 1. The number of carbonyl (C=O) groups excluding carboxylic acids is 1. The standard InChI is InChI=1S/C23H19N5O2/c29-21-10-4-8-18(12-21)23(30)26-25-14-20-16-28(15-17-6-2-1-3-7-17)27-22(20)19-9-5-11-24-13-19/h1-14,16,29H,15H2,(H,26,30)/b25-14-. The lowest BCUT2D eigenvalue weighted by Gasteiger charge is -2.01. The normalized spacial score (nSPS) is 10.9. The summed E-state index contributed by atoms with van der Waals surface area (Å²) in [6.07, 6.45) is 6.86. The highest BCUT2D eigenvalue weighted by molar-refractivity contribution is 5.95. The Bertz CT molecular complexity index is 1170.